The van der Waals surface area contributed by atoms with Gasteiger partial charge < -0.3 is 30.7 Å². The fourth-order valence-corrected chi connectivity index (χ4v) is 6.00. The van der Waals surface area contributed by atoms with E-state index in [2.05, 4.69) is 26.3 Å². The smallest absolute Gasteiger partial charge is 0.315 e. The Balaban J connectivity index is 1.43. The molecule has 4 atom stereocenters. The number of nitrogens with one attached hydrogen (secondary N) is 4. The Morgan fingerprint density at radius 3 is 2.35 bits per heavy atom. The maximum Gasteiger partial charge on any atom is 0.315 e. The molecule has 49 heavy (non-hydrogen) atoms. The summed E-state index contributed by atoms with van der Waals surface area (Å²) in [6, 6.07) is 3.34. The topological polar surface area (TPSA) is 168 Å². The molecule has 13 nitrogen and oxygen atoms in total. The first-order valence-electron chi connectivity index (χ1n) is 17.2. The zero-order valence-corrected chi connectivity index (χ0v) is 29.6. The van der Waals surface area contributed by atoms with Crippen LogP contribution in [-0.4, -0.2) is 88.9 Å². The number of Topliss-reactive ketones (excluding diaryl/α,β-unsaturated/α-hetero) is 1. The molecule has 2 saturated carbocycles. The minimum Gasteiger partial charge on any atom is -0.497 e. The van der Waals surface area contributed by atoms with Crippen molar-refractivity contribution >= 4 is 40.3 Å². The second-order valence-electron chi connectivity index (χ2n) is 15.6. The van der Waals surface area contributed by atoms with E-state index in [-0.39, 0.29) is 31.3 Å². The third-order valence-electron chi connectivity index (χ3n) is 8.96. The lowest BCUT2D eigenvalue weighted by Gasteiger charge is -2.38. The Morgan fingerprint density at radius 1 is 1.02 bits per heavy atom. The second kappa shape index (κ2) is 14.3. The van der Waals surface area contributed by atoms with Crippen LogP contribution in [0.1, 0.15) is 80.1 Å². The van der Waals surface area contributed by atoms with Crippen LogP contribution in [0.25, 0.3) is 10.8 Å². The number of rotatable bonds is 12. The van der Waals surface area contributed by atoms with E-state index in [1.54, 1.807) is 34.1 Å². The molecule has 1 aromatic heterocycles. The van der Waals surface area contributed by atoms with Crippen LogP contribution in [0.15, 0.2) is 30.5 Å². The Kier molecular flexibility index (Phi) is 10.5. The number of urea groups is 1. The molecular weight excluding hydrogens is 628 g/mol. The number of ether oxygens (including phenoxy) is 2. The van der Waals surface area contributed by atoms with E-state index in [0.717, 1.165) is 41.4 Å². The van der Waals surface area contributed by atoms with Gasteiger partial charge in [-0.3, -0.25) is 24.1 Å². The van der Waals surface area contributed by atoms with Crippen molar-refractivity contribution in [2.75, 3.05) is 13.7 Å². The van der Waals surface area contributed by atoms with Gasteiger partial charge in [0.05, 0.1) is 13.2 Å². The van der Waals surface area contributed by atoms with Gasteiger partial charge in [0.15, 0.2) is 0 Å². The number of amides is 5. The Bertz CT molecular complexity index is 1590. The maximum atomic E-state index is 14.7. The highest BCUT2D eigenvalue weighted by Gasteiger charge is 2.49. The first kappa shape index (κ1) is 36.0. The lowest BCUT2D eigenvalue weighted by atomic mass is 9.85. The van der Waals surface area contributed by atoms with Crippen molar-refractivity contribution in [3.63, 3.8) is 0 Å². The molecule has 3 fully saturated rings. The van der Waals surface area contributed by atoms with Gasteiger partial charge in [0.1, 0.15) is 23.9 Å². The summed E-state index contributed by atoms with van der Waals surface area (Å²) in [7, 11) is 1.60. The van der Waals surface area contributed by atoms with Crippen molar-refractivity contribution in [3.05, 3.63) is 30.5 Å². The van der Waals surface area contributed by atoms with E-state index in [9.17, 15) is 24.0 Å². The average Bonchev–Trinajstić information content (AvgIpc) is 3.97. The molecule has 2 aromatic rings. The summed E-state index contributed by atoms with van der Waals surface area (Å²) in [6.07, 6.45) is 4.75. The molecule has 4 N–H and O–H groups in total. The molecule has 1 aromatic carbocycles. The first-order chi connectivity index (χ1) is 23.0. The van der Waals surface area contributed by atoms with Crippen molar-refractivity contribution in [3.8, 4) is 11.6 Å². The predicted molar refractivity (Wildman–Crippen MR) is 183 cm³/mol. The number of fused-ring (bicyclic) bond motifs is 1. The lowest BCUT2D eigenvalue weighted by molar-refractivity contribution is -0.157. The number of pyridine rings is 1. The number of nitrogens with zero attached hydrogens (tertiary/aromatic N) is 2. The summed E-state index contributed by atoms with van der Waals surface area (Å²) in [6.45, 7) is 11.0. The molecule has 2 aliphatic carbocycles. The zero-order valence-electron chi connectivity index (χ0n) is 29.6. The van der Waals surface area contributed by atoms with Gasteiger partial charge >= 0.3 is 6.03 Å². The summed E-state index contributed by atoms with van der Waals surface area (Å²) in [5, 5.41) is 13.2. The highest BCUT2D eigenvalue weighted by molar-refractivity contribution is 6.39. The van der Waals surface area contributed by atoms with E-state index in [1.807, 2.05) is 45.0 Å². The predicted octanol–water partition coefficient (Wildman–Crippen LogP) is 3.24. The van der Waals surface area contributed by atoms with E-state index in [1.165, 1.54) is 0 Å². The number of carbonyl (C=O) groups excluding carboxylic acids is 5. The van der Waals surface area contributed by atoms with Crippen LogP contribution in [0.3, 0.4) is 0 Å². The molecule has 266 valence electrons. The van der Waals surface area contributed by atoms with Gasteiger partial charge in [-0.05, 0) is 81.0 Å². The Labute approximate surface area is 287 Å². The molecule has 1 saturated heterocycles. The second-order valence-corrected chi connectivity index (χ2v) is 15.6. The fraction of sp³-hybridized carbons (Fsp3) is 0.611. The standard InChI is InChI=1S/C36H50N6O7/c1-35(2,3)29(40-34(47)41-36(4,5)6)33(46)42(27(16-20-8-9-20)28(43)30(44)39-22-10-11-22)32(45)26-18-24(19-38-26)49-31-25-13-12-23(48-7)17-21(25)14-15-37-31/h12-15,17,20,22,24,26-27,29,38H,8-11,16,18-19H2,1-7H3,(H,39,44)(H2,40,41,47)/t24-,26+,27+,29-/m1/s1. The summed E-state index contributed by atoms with van der Waals surface area (Å²) in [5.74, 6) is -1.82. The molecule has 0 radical (unpaired) electrons. The van der Waals surface area contributed by atoms with Crippen LogP contribution in [0.4, 0.5) is 4.79 Å². The number of imide groups is 1. The normalized spacial score (nSPS) is 20.6. The van der Waals surface area contributed by atoms with Crippen molar-refractivity contribution in [1.29, 1.82) is 0 Å². The van der Waals surface area contributed by atoms with E-state index in [0.29, 0.717) is 11.6 Å². The summed E-state index contributed by atoms with van der Waals surface area (Å²) < 4.78 is 11.6. The molecule has 1 aliphatic heterocycles. The lowest BCUT2D eigenvalue weighted by Crippen LogP contribution is -2.64. The highest BCUT2D eigenvalue weighted by Crippen LogP contribution is 2.36. The summed E-state index contributed by atoms with van der Waals surface area (Å²) in [5.41, 5.74) is -1.45. The molecule has 5 amide bonds. The molecule has 3 aliphatic rings. The number of hydrogen-bond donors (Lipinski definition) is 4. The summed E-state index contributed by atoms with van der Waals surface area (Å²) in [4.78, 5) is 74.8. The quantitative estimate of drug-likeness (QED) is 0.247. The third-order valence-corrected chi connectivity index (χ3v) is 8.96. The van der Waals surface area contributed by atoms with Gasteiger partial charge in [-0.2, -0.15) is 0 Å². The number of aromatic nitrogens is 1. The summed E-state index contributed by atoms with van der Waals surface area (Å²) >= 11 is 0. The van der Waals surface area contributed by atoms with E-state index in [4.69, 9.17) is 9.47 Å². The van der Waals surface area contributed by atoms with Crippen molar-refractivity contribution < 1.29 is 33.4 Å². The first-order valence-corrected chi connectivity index (χ1v) is 17.2. The molecule has 2 heterocycles. The van der Waals surface area contributed by atoms with Crippen LogP contribution in [0, 0.1) is 11.3 Å². The third kappa shape index (κ3) is 9.26. The van der Waals surface area contributed by atoms with Crippen molar-refractivity contribution in [2.45, 2.75) is 116 Å². The van der Waals surface area contributed by atoms with Crippen molar-refractivity contribution in [2.24, 2.45) is 11.3 Å². The molecule has 0 bridgehead atoms. The minimum absolute atomic E-state index is 0.0823. The average molecular weight is 679 g/mol. The van der Waals surface area contributed by atoms with E-state index >= 15 is 0 Å². The maximum absolute atomic E-state index is 14.7. The van der Waals surface area contributed by atoms with E-state index < -0.39 is 64.7 Å². The largest absolute Gasteiger partial charge is 0.497 e. The van der Waals surface area contributed by atoms with Crippen molar-refractivity contribution in [1.82, 2.24) is 31.2 Å². The fourth-order valence-electron chi connectivity index (χ4n) is 6.00. The van der Waals surface area contributed by atoms with Crippen LogP contribution < -0.4 is 30.7 Å². The molecule has 5 rings (SSSR count). The Hall–Kier alpha value is -4.26. The van der Waals surface area contributed by atoms with Crippen LogP contribution >= 0.6 is 0 Å². The monoisotopic (exact) mass is 678 g/mol. The zero-order chi connectivity index (χ0) is 35.7. The van der Waals surface area contributed by atoms with Gasteiger partial charge in [0.25, 0.3) is 11.8 Å². The van der Waals surface area contributed by atoms with Crippen LogP contribution in [-0.2, 0) is 19.2 Å². The van der Waals surface area contributed by atoms with Gasteiger partial charge in [0.2, 0.25) is 17.6 Å². The molecular formula is C36H50N6O7. The van der Waals surface area contributed by atoms with Gasteiger partial charge in [-0.15, -0.1) is 0 Å². The van der Waals surface area contributed by atoms with Crippen LogP contribution in [0.5, 0.6) is 11.6 Å². The molecule has 0 unspecified atom stereocenters. The van der Waals surface area contributed by atoms with Gasteiger partial charge in [-0.1, -0.05) is 33.6 Å². The number of methoxy groups -OCH3 is 1. The molecule has 0 spiro atoms. The minimum atomic E-state index is -1.32. The highest BCUT2D eigenvalue weighted by atomic mass is 16.5. The Morgan fingerprint density at radius 2 is 1.73 bits per heavy atom. The number of ketones is 1. The van der Waals surface area contributed by atoms with Crippen LogP contribution in [0.2, 0.25) is 0 Å². The SMILES string of the molecule is COc1ccc2c(O[C@H]3CN[C@H](C(=O)N(C(=O)[C@@H](NC(=O)NC(C)(C)C)C(C)(C)C)[C@@H](CC4CC4)C(=O)C(=O)NC4CC4)C3)nccc2c1. The number of hydrogen-bond acceptors (Lipinski definition) is 9. The number of benzene rings is 1. The van der Waals surface area contributed by atoms with Gasteiger partial charge in [-0.25, -0.2) is 9.78 Å². The van der Waals surface area contributed by atoms with Gasteiger partial charge in [0, 0.05) is 36.1 Å². The number of carbonyl (C=O) groups is 5. The molecule has 13 heteroatoms.